The molecule has 1 atom stereocenters. The number of carbonyl (C=O) groups excluding carboxylic acids is 1. The zero-order valence-electron chi connectivity index (χ0n) is 11.0. The fourth-order valence-corrected chi connectivity index (χ4v) is 2.32. The molecule has 8 heteroatoms. The Morgan fingerprint density at radius 1 is 1.45 bits per heavy atom. The van der Waals surface area contributed by atoms with Crippen LogP contribution in [0.25, 0.3) is 0 Å². The summed E-state index contributed by atoms with van der Waals surface area (Å²) in [4.78, 5) is 32.4. The van der Waals surface area contributed by atoms with Crippen LogP contribution in [-0.2, 0) is 4.79 Å². The van der Waals surface area contributed by atoms with E-state index in [1.54, 1.807) is 0 Å². The fourth-order valence-electron chi connectivity index (χ4n) is 1.58. The molecule has 1 aromatic rings. The van der Waals surface area contributed by atoms with Crippen molar-refractivity contribution in [3.63, 3.8) is 0 Å². The molecule has 0 radical (unpaired) electrons. The molecule has 0 spiro atoms. The van der Waals surface area contributed by atoms with Gasteiger partial charge < -0.3 is 10.4 Å². The summed E-state index contributed by atoms with van der Waals surface area (Å²) >= 11 is 0.833. The number of nitrogens with one attached hydrogen (secondary N) is 1. The van der Waals surface area contributed by atoms with Gasteiger partial charge in [0.1, 0.15) is 0 Å². The number of nitrogens with zero attached hydrogens (tertiary/aromatic N) is 1. The minimum Gasteiger partial charge on any atom is -0.481 e. The highest BCUT2D eigenvalue weighted by atomic mass is 32.1. The van der Waals surface area contributed by atoms with Crippen molar-refractivity contribution in [3.8, 4) is 0 Å². The Kier molecular flexibility index (Phi) is 6.10. The van der Waals surface area contributed by atoms with E-state index in [0.29, 0.717) is 24.3 Å². The highest BCUT2D eigenvalue weighted by Crippen LogP contribution is 2.23. The molecule has 7 nitrogen and oxygen atoms in total. The quantitative estimate of drug-likeness (QED) is 0.565. The lowest BCUT2D eigenvalue weighted by Gasteiger charge is -2.10. The Balaban J connectivity index is 2.32. The van der Waals surface area contributed by atoms with E-state index in [4.69, 9.17) is 5.11 Å². The molecule has 0 saturated carbocycles. The number of hydrogen-bond acceptors (Lipinski definition) is 5. The van der Waals surface area contributed by atoms with Crippen LogP contribution in [0.4, 0.5) is 5.00 Å². The standard InChI is InChI=1S/C12H16N2O5S/c1-8(2-5-11(15)16)6-7-13-12(17)9-3-4-10(20-9)14(18)19/h3-4,8H,2,5-7H2,1H3,(H,13,17)(H,15,16). The number of carbonyl (C=O) groups is 2. The van der Waals surface area contributed by atoms with E-state index in [-0.39, 0.29) is 23.2 Å². The zero-order chi connectivity index (χ0) is 15.1. The number of thiophene rings is 1. The van der Waals surface area contributed by atoms with Crippen molar-refractivity contribution >= 4 is 28.2 Å². The summed E-state index contributed by atoms with van der Waals surface area (Å²) in [5, 5.41) is 21.7. The SMILES string of the molecule is CC(CCNC(=O)c1ccc([N+](=O)[O-])s1)CCC(=O)O. The molecule has 0 saturated heterocycles. The van der Waals surface area contributed by atoms with Crippen LogP contribution in [0.2, 0.25) is 0 Å². The predicted octanol–water partition coefficient (Wildman–Crippen LogP) is 2.28. The van der Waals surface area contributed by atoms with Crippen molar-refractivity contribution in [3.05, 3.63) is 27.1 Å². The summed E-state index contributed by atoms with van der Waals surface area (Å²) in [6.45, 7) is 2.34. The summed E-state index contributed by atoms with van der Waals surface area (Å²) in [6, 6.07) is 2.72. The first-order valence-corrected chi connectivity index (χ1v) is 6.96. The third kappa shape index (κ3) is 5.35. The molecule has 1 heterocycles. The van der Waals surface area contributed by atoms with Crippen LogP contribution >= 0.6 is 11.3 Å². The highest BCUT2D eigenvalue weighted by Gasteiger charge is 2.15. The van der Waals surface area contributed by atoms with Gasteiger partial charge in [-0.1, -0.05) is 18.3 Å². The summed E-state index contributed by atoms with van der Waals surface area (Å²) < 4.78 is 0. The first-order chi connectivity index (χ1) is 9.40. The van der Waals surface area contributed by atoms with Crippen molar-refractivity contribution in [2.45, 2.75) is 26.2 Å². The van der Waals surface area contributed by atoms with Gasteiger partial charge in [0.2, 0.25) is 0 Å². The van der Waals surface area contributed by atoms with Gasteiger partial charge in [0.15, 0.2) is 0 Å². The van der Waals surface area contributed by atoms with Crippen LogP contribution in [0.1, 0.15) is 35.9 Å². The molecule has 0 aromatic carbocycles. The maximum atomic E-state index is 11.7. The summed E-state index contributed by atoms with van der Waals surface area (Å²) in [5.74, 6) is -0.968. The molecule has 20 heavy (non-hydrogen) atoms. The van der Waals surface area contributed by atoms with Crippen molar-refractivity contribution in [2.24, 2.45) is 5.92 Å². The molecule has 1 rings (SSSR count). The summed E-state index contributed by atoms with van der Waals surface area (Å²) in [6.07, 6.45) is 1.36. The second-order valence-electron chi connectivity index (χ2n) is 4.48. The number of carboxylic acid groups (broad SMARTS) is 1. The molecular formula is C12H16N2O5S. The van der Waals surface area contributed by atoms with Crippen molar-refractivity contribution in [1.29, 1.82) is 0 Å². The Hall–Kier alpha value is -1.96. The van der Waals surface area contributed by atoms with Gasteiger partial charge in [0, 0.05) is 19.0 Å². The molecule has 0 aliphatic rings. The van der Waals surface area contributed by atoms with Gasteiger partial charge in [-0.15, -0.1) is 0 Å². The first-order valence-electron chi connectivity index (χ1n) is 6.14. The van der Waals surface area contributed by atoms with E-state index in [2.05, 4.69) is 5.32 Å². The van der Waals surface area contributed by atoms with Crippen LogP contribution in [0.3, 0.4) is 0 Å². The number of rotatable bonds is 8. The number of carboxylic acids is 1. The lowest BCUT2D eigenvalue weighted by atomic mass is 10.0. The molecular weight excluding hydrogens is 284 g/mol. The molecule has 0 bridgehead atoms. The van der Waals surface area contributed by atoms with Crippen molar-refractivity contribution < 1.29 is 19.6 Å². The Bertz CT molecular complexity index is 500. The molecule has 0 aliphatic heterocycles. The van der Waals surface area contributed by atoms with Crippen LogP contribution in [0.5, 0.6) is 0 Å². The van der Waals surface area contributed by atoms with E-state index in [9.17, 15) is 19.7 Å². The van der Waals surface area contributed by atoms with Crippen LogP contribution in [0, 0.1) is 16.0 Å². The predicted molar refractivity (Wildman–Crippen MR) is 74.0 cm³/mol. The highest BCUT2D eigenvalue weighted by molar-refractivity contribution is 7.17. The Morgan fingerprint density at radius 3 is 2.70 bits per heavy atom. The topological polar surface area (TPSA) is 110 Å². The third-order valence-electron chi connectivity index (χ3n) is 2.77. The van der Waals surface area contributed by atoms with Crippen LogP contribution < -0.4 is 5.32 Å². The molecule has 0 fully saturated rings. The fraction of sp³-hybridized carbons (Fsp3) is 0.500. The second-order valence-corrected chi connectivity index (χ2v) is 5.54. The summed E-state index contributed by atoms with van der Waals surface area (Å²) in [5.41, 5.74) is 0. The second kappa shape index (κ2) is 7.59. The molecule has 1 amide bonds. The maximum absolute atomic E-state index is 11.7. The lowest BCUT2D eigenvalue weighted by molar-refractivity contribution is -0.380. The monoisotopic (exact) mass is 300 g/mol. The van der Waals surface area contributed by atoms with Crippen molar-refractivity contribution in [2.75, 3.05) is 6.54 Å². The zero-order valence-corrected chi connectivity index (χ0v) is 11.8. The van der Waals surface area contributed by atoms with Gasteiger partial charge in [0.05, 0.1) is 9.80 Å². The van der Waals surface area contributed by atoms with E-state index in [1.807, 2.05) is 6.92 Å². The molecule has 1 unspecified atom stereocenters. The van der Waals surface area contributed by atoms with Crippen LogP contribution in [0.15, 0.2) is 12.1 Å². The summed E-state index contributed by atoms with van der Waals surface area (Å²) in [7, 11) is 0. The molecule has 110 valence electrons. The third-order valence-corrected chi connectivity index (χ3v) is 3.80. The number of amides is 1. The Morgan fingerprint density at radius 2 is 2.15 bits per heavy atom. The van der Waals surface area contributed by atoms with Gasteiger partial charge >= 0.3 is 11.0 Å². The van der Waals surface area contributed by atoms with Gasteiger partial charge in [-0.3, -0.25) is 19.7 Å². The molecule has 1 aromatic heterocycles. The maximum Gasteiger partial charge on any atom is 0.324 e. The van der Waals surface area contributed by atoms with Gasteiger partial charge in [0.25, 0.3) is 5.91 Å². The average molecular weight is 300 g/mol. The number of aliphatic carboxylic acids is 1. The van der Waals surface area contributed by atoms with Crippen LogP contribution in [-0.4, -0.2) is 28.5 Å². The largest absolute Gasteiger partial charge is 0.481 e. The van der Waals surface area contributed by atoms with E-state index in [0.717, 1.165) is 11.3 Å². The Labute approximate surface area is 119 Å². The normalized spacial score (nSPS) is 11.8. The van der Waals surface area contributed by atoms with E-state index >= 15 is 0 Å². The van der Waals surface area contributed by atoms with Gasteiger partial charge in [-0.25, -0.2) is 0 Å². The first kappa shape index (κ1) is 16.1. The number of nitro groups is 1. The van der Waals surface area contributed by atoms with Crippen molar-refractivity contribution in [1.82, 2.24) is 5.32 Å². The van der Waals surface area contributed by atoms with Gasteiger partial charge in [-0.2, -0.15) is 0 Å². The van der Waals surface area contributed by atoms with E-state index < -0.39 is 10.9 Å². The molecule has 2 N–H and O–H groups in total. The smallest absolute Gasteiger partial charge is 0.324 e. The number of hydrogen-bond donors (Lipinski definition) is 2. The minimum absolute atomic E-state index is 0.0648. The average Bonchev–Trinajstić information content (AvgIpc) is 2.86. The molecule has 0 aliphatic carbocycles. The minimum atomic E-state index is -0.827. The van der Waals surface area contributed by atoms with E-state index in [1.165, 1.54) is 12.1 Å². The van der Waals surface area contributed by atoms with Gasteiger partial charge in [-0.05, 0) is 24.8 Å². The lowest BCUT2D eigenvalue weighted by Crippen LogP contribution is -2.24.